The summed E-state index contributed by atoms with van der Waals surface area (Å²) in [6.45, 7) is 10.1. The van der Waals surface area contributed by atoms with Crippen LogP contribution in [0.2, 0.25) is 0 Å². The summed E-state index contributed by atoms with van der Waals surface area (Å²) in [5, 5.41) is 3.73. The van der Waals surface area contributed by atoms with Gasteiger partial charge in [0.15, 0.2) is 0 Å². The van der Waals surface area contributed by atoms with Gasteiger partial charge in [-0.15, -0.1) is 0 Å². The second-order valence-corrected chi connectivity index (χ2v) is 7.20. The lowest BCUT2D eigenvalue weighted by Gasteiger charge is -2.45. The lowest BCUT2D eigenvalue weighted by molar-refractivity contribution is 0.145. The van der Waals surface area contributed by atoms with E-state index in [0.717, 1.165) is 24.4 Å². The van der Waals surface area contributed by atoms with Crippen molar-refractivity contribution in [3.05, 3.63) is 29.8 Å². The van der Waals surface area contributed by atoms with Crippen LogP contribution >= 0.6 is 0 Å². The van der Waals surface area contributed by atoms with Gasteiger partial charge in [0.05, 0.1) is 6.20 Å². The smallest absolute Gasteiger partial charge is 0.141 e. The molecule has 2 rings (SSSR count). The molecule has 0 aliphatic heterocycles. The van der Waals surface area contributed by atoms with E-state index in [1.807, 2.05) is 6.20 Å². The first-order chi connectivity index (χ1) is 9.95. The molecule has 1 fully saturated rings. The molecular weight excluding hydrogens is 263 g/mol. The van der Waals surface area contributed by atoms with Crippen LogP contribution in [-0.4, -0.2) is 17.6 Å². The van der Waals surface area contributed by atoms with Crippen LogP contribution in [-0.2, 0) is 5.41 Å². The number of halogens is 1. The molecule has 118 valence electrons. The van der Waals surface area contributed by atoms with Crippen molar-refractivity contribution in [2.24, 2.45) is 11.8 Å². The van der Waals surface area contributed by atoms with E-state index in [0.29, 0.717) is 12.0 Å². The molecule has 3 unspecified atom stereocenters. The SMILES string of the molecule is CCCNC1CC(C)CCC1C(C)(C)c1cncc(F)c1. The maximum absolute atomic E-state index is 13.5. The van der Waals surface area contributed by atoms with Crippen LogP contribution in [0.3, 0.4) is 0 Å². The highest BCUT2D eigenvalue weighted by molar-refractivity contribution is 5.23. The van der Waals surface area contributed by atoms with Crippen LogP contribution < -0.4 is 5.32 Å². The highest BCUT2D eigenvalue weighted by Gasteiger charge is 2.39. The molecule has 0 bridgehead atoms. The lowest BCUT2D eigenvalue weighted by atomic mass is 9.64. The highest BCUT2D eigenvalue weighted by atomic mass is 19.1. The molecule has 3 heteroatoms. The van der Waals surface area contributed by atoms with Crippen molar-refractivity contribution in [2.75, 3.05) is 6.54 Å². The van der Waals surface area contributed by atoms with Gasteiger partial charge in [-0.05, 0) is 54.7 Å². The maximum Gasteiger partial charge on any atom is 0.141 e. The van der Waals surface area contributed by atoms with E-state index in [1.54, 1.807) is 6.07 Å². The van der Waals surface area contributed by atoms with Crippen molar-refractivity contribution in [1.82, 2.24) is 10.3 Å². The molecule has 1 aromatic heterocycles. The number of hydrogen-bond acceptors (Lipinski definition) is 2. The second kappa shape index (κ2) is 6.87. The minimum atomic E-state index is -0.234. The normalized spacial score (nSPS) is 26.8. The zero-order valence-electron chi connectivity index (χ0n) is 13.8. The Kier molecular flexibility index (Phi) is 5.37. The minimum absolute atomic E-state index is 0.0549. The van der Waals surface area contributed by atoms with E-state index in [1.165, 1.54) is 25.5 Å². The molecule has 0 saturated heterocycles. The molecule has 1 aliphatic carbocycles. The third kappa shape index (κ3) is 3.82. The fraction of sp³-hybridized carbons (Fsp3) is 0.722. The lowest BCUT2D eigenvalue weighted by Crippen LogP contribution is -2.48. The van der Waals surface area contributed by atoms with Gasteiger partial charge in [-0.3, -0.25) is 4.98 Å². The van der Waals surface area contributed by atoms with Crippen LogP contribution in [0, 0.1) is 17.7 Å². The Balaban J connectivity index is 2.22. The van der Waals surface area contributed by atoms with Gasteiger partial charge in [-0.2, -0.15) is 0 Å². The third-order valence-electron chi connectivity index (χ3n) is 5.14. The van der Waals surface area contributed by atoms with Gasteiger partial charge in [0.1, 0.15) is 5.82 Å². The van der Waals surface area contributed by atoms with Crippen molar-refractivity contribution in [3.8, 4) is 0 Å². The largest absolute Gasteiger partial charge is 0.314 e. The molecule has 2 nitrogen and oxygen atoms in total. The van der Waals surface area contributed by atoms with E-state index >= 15 is 0 Å². The summed E-state index contributed by atoms with van der Waals surface area (Å²) in [5.74, 6) is 1.07. The van der Waals surface area contributed by atoms with E-state index in [-0.39, 0.29) is 11.2 Å². The molecule has 3 atom stereocenters. The van der Waals surface area contributed by atoms with E-state index in [2.05, 4.69) is 38.0 Å². The molecule has 21 heavy (non-hydrogen) atoms. The first kappa shape index (κ1) is 16.4. The molecule has 0 spiro atoms. The van der Waals surface area contributed by atoms with Crippen molar-refractivity contribution in [1.29, 1.82) is 0 Å². The van der Waals surface area contributed by atoms with Gasteiger partial charge in [-0.25, -0.2) is 4.39 Å². The van der Waals surface area contributed by atoms with Crippen molar-refractivity contribution in [2.45, 2.75) is 64.8 Å². The van der Waals surface area contributed by atoms with Gasteiger partial charge in [0.25, 0.3) is 0 Å². The summed E-state index contributed by atoms with van der Waals surface area (Å²) in [5.41, 5.74) is 0.964. The number of nitrogens with one attached hydrogen (secondary N) is 1. The van der Waals surface area contributed by atoms with Crippen molar-refractivity contribution in [3.63, 3.8) is 0 Å². The van der Waals surface area contributed by atoms with Gasteiger partial charge in [-0.1, -0.05) is 34.1 Å². The monoisotopic (exact) mass is 292 g/mol. The van der Waals surface area contributed by atoms with Crippen LogP contribution in [0.5, 0.6) is 0 Å². The maximum atomic E-state index is 13.5. The average Bonchev–Trinajstić information content (AvgIpc) is 2.45. The summed E-state index contributed by atoms with van der Waals surface area (Å²) >= 11 is 0. The van der Waals surface area contributed by atoms with E-state index in [9.17, 15) is 4.39 Å². The summed E-state index contributed by atoms with van der Waals surface area (Å²) in [7, 11) is 0. The molecule has 0 radical (unpaired) electrons. The molecule has 1 N–H and O–H groups in total. The summed E-state index contributed by atoms with van der Waals surface area (Å²) < 4.78 is 13.5. The Morgan fingerprint density at radius 2 is 2.10 bits per heavy atom. The van der Waals surface area contributed by atoms with E-state index in [4.69, 9.17) is 0 Å². The first-order valence-corrected chi connectivity index (χ1v) is 8.29. The first-order valence-electron chi connectivity index (χ1n) is 8.29. The highest BCUT2D eigenvalue weighted by Crippen LogP contribution is 2.42. The quantitative estimate of drug-likeness (QED) is 0.875. The van der Waals surface area contributed by atoms with Gasteiger partial charge < -0.3 is 5.32 Å². The standard InChI is InChI=1S/C18H29FN2/c1-5-8-21-17-9-13(2)6-7-16(17)18(3,4)14-10-15(19)12-20-11-14/h10-13,16-17,21H,5-9H2,1-4H3. The van der Waals surface area contributed by atoms with Gasteiger partial charge >= 0.3 is 0 Å². The predicted octanol–water partition coefficient (Wildman–Crippen LogP) is 4.30. The fourth-order valence-corrected chi connectivity index (χ4v) is 3.78. The predicted molar refractivity (Wildman–Crippen MR) is 85.8 cm³/mol. The number of aromatic nitrogens is 1. The van der Waals surface area contributed by atoms with Crippen molar-refractivity contribution < 1.29 is 4.39 Å². The average molecular weight is 292 g/mol. The molecule has 0 aromatic carbocycles. The Morgan fingerprint density at radius 3 is 2.76 bits per heavy atom. The molecule has 1 heterocycles. The minimum Gasteiger partial charge on any atom is -0.314 e. The fourth-order valence-electron chi connectivity index (χ4n) is 3.78. The number of nitrogens with zero attached hydrogens (tertiary/aromatic N) is 1. The van der Waals surface area contributed by atoms with Crippen LogP contribution in [0.1, 0.15) is 58.9 Å². The molecule has 0 amide bonds. The molecular formula is C18H29FN2. The number of hydrogen-bond donors (Lipinski definition) is 1. The second-order valence-electron chi connectivity index (χ2n) is 7.20. The zero-order valence-corrected chi connectivity index (χ0v) is 13.8. The number of rotatable bonds is 5. The zero-order chi connectivity index (χ0) is 15.5. The van der Waals surface area contributed by atoms with Crippen molar-refractivity contribution >= 4 is 0 Å². The van der Waals surface area contributed by atoms with Crippen LogP contribution in [0.15, 0.2) is 18.5 Å². The summed E-state index contributed by atoms with van der Waals surface area (Å²) in [6.07, 6.45) is 7.96. The number of pyridine rings is 1. The molecule has 1 aliphatic rings. The summed E-state index contributed by atoms with van der Waals surface area (Å²) in [6, 6.07) is 2.18. The Bertz CT molecular complexity index is 458. The molecule has 1 aromatic rings. The van der Waals surface area contributed by atoms with Crippen LogP contribution in [0.4, 0.5) is 4.39 Å². The Labute approximate surface area is 128 Å². The van der Waals surface area contributed by atoms with Crippen LogP contribution in [0.25, 0.3) is 0 Å². The Hall–Kier alpha value is -0.960. The topological polar surface area (TPSA) is 24.9 Å². The Morgan fingerprint density at radius 1 is 1.33 bits per heavy atom. The van der Waals surface area contributed by atoms with Gasteiger partial charge in [0.2, 0.25) is 0 Å². The van der Waals surface area contributed by atoms with Gasteiger partial charge in [0, 0.05) is 12.2 Å². The molecule has 1 saturated carbocycles. The van der Waals surface area contributed by atoms with E-state index < -0.39 is 0 Å². The summed E-state index contributed by atoms with van der Waals surface area (Å²) in [4.78, 5) is 4.05. The third-order valence-corrected chi connectivity index (χ3v) is 5.14.